The fourth-order valence-electron chi connectivity index (χ4n) is 4.47. The lowest BCUT2D eigenvalue weighted by Crippen LogP contribution is -2.44. The molecule has 1 aliphatic heterocycles. The fourth-order valence-corrected chi connectivity index (χ4v) is 4.47. The monoisotopic (exact) mass is 478 g/mol. The number of hydrogen-bond donors (Lipinski definition) is 1. The van der Waals surface area contributed by atoms with Crippen LogP contribution in [-0.2, 0) is 9.53 Å². The van der Waals surface area contributed by atoms with Crippen LogP contribution in [0.25, 0.3) is 0 Å². The minimum Gasteiger partial charge on any atom is -0.467 e. The minimum absolute atomic E-state index is 0.0118. The molecule has 1 N–H and O–H groups in total. The van der Waals surface area contributed by atoms with Gasteiger partial charge in [-0.3, -0.25) is 4.79 Å². The fraction of sp³-hybridized carbons (Fsp3) is 0.133. The molecule has 0 saturated heterocycles. The molecule has 1 amide bonds. The third kappa shape index (κ3) is 5.08. The predicted molar refractivity (Wildman–Crippen MR) is 137 cm³/mol. The maximum atomic E-state index is 13.3. The summed E-state index contributed by atoms with van der Waals surface area (Å²) in [6.07, 6.45) is 5.07. The summed E-state index contributed by atoms with van der Waals surface area (Å²) in [5.74, 6) is 0.106. The summed E-state index contributed by atoms with van der Waals surface area (Å²) in [5.41, 5.74) is 2.24. The number of anilines is 1. The number of hydrogen-bond acceptors (Lipinski definition) is 5. The van der Waals surface area contributed by atoms with Crippen LogP contribution in [0.15, 0.2) is 126 Å². The van der Waals surface area contributed by atoms with E-state index in [1.807, 2.05) is 84.9 Å². The SMILES string of the molecule is O=C(OC[C@@H](c1ccccc1)N1C(=O)C=C[C@H]1[C@H](Nc1ccccc1)c1ccco1)c1ccccc1. The second-order valence-corrected chi connectivity index (χ2v) is 8.49. The first-order valence-corrected chi connectivity index (χ1v) is 11.8. The van der Waals surface area contributed by atoms with Crippen LogP contribution in [0.5, 0.6) is 0 Å². The molecule has 3 atom stereocenters. The molecule has 6 nitrogen and oxygen atoms in total. The molecular weight excluding hydrogens is 452 g/mol. The summed E-state index contributed by atoms with van der Waals surface area (Å²) in [5, 5.41) is 3.52. The zero-order valence-corrected chi connectivity index (χ0v) is 19.6. The maximum Gasteiger partial charge on any atom is 0.338 e. The number of nitrogens with zero attached hydrogens (tertiary/aromatic N) is 1. The van der Waals surface area contributed by atoms with Crippen LogP contribution in [0.4, 0.5) is 5.69 Å². The normalized spacial score (nSPS) is 16.5. The lowest BCUT2D eigenvalue weighted by Gasteiger charge is -2.37. The van der Waals surface area contributed by atoms with E-state index in [0.29, 0.717) is 11.3 Å². The Balaban J connectivity index is 1.47. The zero-order valence-electron chi connectivity index (χ0n) is 19.6. The molecule has 3 aromatic carbocycles. The van der Waals surface area contributed by atoms with Crippen LogP contribution in [0.1, 0.15) is 33.8 Å². The van der Waals surface area contributed by atoms with E-state index in [1.165, 1.54) is 0 Å². The number of rotatable bonds is 9. The van der Waals surface area contributed by atoms with Gasteiger partial charge in [0.15, 0.2) is 0 Å². The number of furan rings is 1. The van der Waals surface area contributed by atoms with Crippen molar-refractivity contribution in [2.75, 3.05) is 11.9 Å². The van der Waals surface area contributed by atoms with Crippen molar-refractivity contribution in [2.45, 2.75) is 18.1 Å². The highest BCUT2D eigenvalue weighted by atomic mass is 16.5. The standard InChI is InChI=1S/C30H26N2O4/c33-28-19-18-25(29(27-17-10-20-35-27)31-24-15-8-3-9-16-24)32(28)26(22-11-4-1-5-12-22)21-36-30(34)23-13-6-2-7-14-23/h1-20,25-26,29,31H,21H2/t25-,26-,29-/m0/s1. The zero-order chi connectivity index (χ0) is 24.7. The molecule has 180 valence electrons. The van der Waals surface area contributed by atoms with Gasteiger partial charge in [-0.15, -0.1) is 0 Å². The molecule has 1 aromatic heterocycles. The number of carbonyl (C=O) groups excluding carboxylic acids is 2. The molecule has 2 heterocycles. The average Bonchev–Trinajstić information content (AvgIpc) is 3.60. The van der Waals surface area contributed by atoms with Gasteiger partial charge in [-0.25, -0.2) is 4.79 Å². The smallest absolute Gasteiger partial charge is 0.338 e. The quantitative estimate of drug-likeness (QED) is 0.308. The van der Waals surface area contributed by atoms with Crippen LogP contribution in [-0.4, -0.2) is 29.4 Å². The molecule has 5 rings (SSSR count). The molecule has 0 bridgehead atoms. The van der Waals surface area contributed by atoms with Gasteiger partial charge in [0.2, 0.25) is 5.91 Å². The third-order valence-electron chi connectivity index (χ3n) is 6.20. The van der Waals surface area contributed by atoms with E-state index in [2.05, 4.69) is 5.32 Å². The van der Waals surface area contributed by atoms with Crippen molar-refractivity contribution in [2.24, 2.45) is 0 Å². The van der Waals surface area contributed by atoms with Gasteiger partial charge in [0.05, 0.1) is 23.9 Å². The van der Waals surface area contributed by atoms with Crippen LogP contribution >= 0.6 is 0 Å². The Morgan fingerprint density at radius 2 is 1.56 bits per heavy atom. The van der Waals surface area contributed by atoms with Crippen LogP contribution in [0, 0.1) is 0 Å². The van der Waals surface area contributed by atoms with E-state index in [0.717, 1.165) is 11.3 Å². The molecule has 1 aliphatic rings. The van der Waals surface area contributed by atoms with Crippen LogP contribution in [0.2, 0.25) is 0 Å². The van der Waals surface area contributed by atoms with E-state index in [-0.39, 0.29) is 24.6 Å². The van der Waals surface area contributed by atoms with Crippen molar-refractivity contribution < 1.29 is 18.7 Å². The van der Waals surface area contributed by atoms with Gasteiger partial charge in [0, 0.05) is 11.8 Å². The van der Waals surface area contributed by atoms with Gasteiger partial charge in [-0.2, -0.15) is 0 Å². The van der Waals surface area contributed by atoms with Crippen molar-refractivity contribution in [3.63, 3.8) is 0 Å². The highest BCUT2D eigenvalue weighted by Crippen LogP contribution is 2.36. The van der Waals surface area contributed by atoms with Crippen LogP contribution in [0.3, 0.4) is 0 Å². The van der Waals surface area contributed by atoms with Gasteiger partial charge in [-0.05, 0) is 42.0 Å². The molecule has 0 fully saturated rings. The average molecular weight is 479 g/mol. The molecular formula is C30H26N2O4. The summed E-state index contributed by atoms with van der Waals surface area (Å²) < 4.78 is 11.5. The number of amides is 1. The number of benzene rings is 3. The van der Waals surface area contributed by atoms with Gasteiger partial charge in [0.1, 0.15) is 18.4 Å². The Bertz CT molecular complexity index is 1310. The number of esters is 1. The lowest BCUT2D eigenvalue weighted by molar-refractivity contribution is -0.130. The van der Waals surface area contributed by atoms with E-state index < -0.39 is 12.0 Å². The molecule has 0 unspecified atom stereocenters. The molecule has 0 aliphatic carbocycles. The molecule has 0 saturated carbocycles. The molecule has 4 aromatic rings. The summed E-state index contributed by atoms with van der Waals surface area (Å²) in [6, 6.07) is 30.7. The van der Waals surface area contributed by atoms with Crippen molar-refractivity contribution >= 4 is 17.6 Å². The Hall–Kier alpha value is -4.58. The van der Waals surface area contributed by atoms with Gasteiger partial charge < -0.3 is 19.4 Å². The minimum atomic E-state index is -0.499. The van der Waals surface area contributed by atoms with Crippen molar-refractivity contribution in [3.8, 4) is 0 Å². The molecule has 6 heteroatoms. The summed E-state index contributed by atoms with van der Waals surface area (Å²) in [6.45, 7) is 0.0118. The summed E-state index contributed by atoms with van der Waals surface area (Å²) in [4.78, 5) is 27.8. The van der Waals surface area contributed by atoms with E-state index >= 15 is 0 Å². The second kappa shape index (κ2) is 10.8. The van der Waals surface area contributed by atoms with Crippen molar-refractivity contribution in [1.82, 2.24) is 4.90 Å². The number of ether oxygens (including phenoxy) is 1. The third-order valence-corrected chi connectivity index (χ3v) is 6.20. The van der Waals surface area contributed by atoms with Gasteiger partial charge >= 0.3 is 5.97 Å². The van der Waals surface area contributed by atoms with E-state index in [1.54, 1.807) is 41.5 Å². The maximum absolute atomic E-state index is 13.3. The largest absolute Gasteiger partial charge is 0.467 e. The number of nitrogens with one attached hydrogen (secondary N) is 1. The Morgan fingerprint density at radius 3 is 2.22 bits per heavy atom. The molecule has 0 radical (unpaired) electrons. The van der Waals surface area contributed by atoms with Gasteiger partial charge in [0.25, 0.3) is 0 Å². The number of carbonyl (C=O) groups is 2. The Labute approximate surface area is 209 Å². The lowest BCUT2D eigenvalue weighted by atomic mass is 10.00. The van der Waals surface area contributed by atoms with Crippen molar-refractivity contribution in [3.05, 3.63) is 138 Å². The van der Waals surface area contributed by atoms with Gasteiger partial charge in [-0.1, -0.05) is 72.8 Å². The Kier molecular flexibility index (Phi) is 6.94. The summed E-state index contributed by atoms with van der Waals surface area (Å²) in [7, 11) is 0. The Morgan fingerprint density at radius 1 is 0.889 bits per heavy atom. The van der Waals surface area contributed by atoms with Crippen LogP contribution < -0.4 is 5.32 Å². The van der Waals surface area contributed by atoms with E-state index in [4.69, 9.17) is 9.15 Å². The van der Waals surface area contributed by atoms with E-state index in [9.17, 15) is 9.59 Å². The first-order valence-electron chi connectivity index (χ1n) is 11.8. The second-order valence-electron chi connectivity index (χ2n) is 8.49. The summed E-state index contributed by atoms with van der Waals surface area (Å²) >= 11 is 0. The highest BCUT2D eigenvalue weighted by molar-refractivity contribution is 5.91. The predicted octanol–water partition coefficient (Wildman–Crippen LogP) is 5.80. The first kappa shape index (κ1) is 23.2. The topological polar surface area (TPSA) is 71.8 Å². The highest BCUT2D eigenvalue weighted by Gasteiger charge is 2.40. The molecule has 36 heavy (non-hydrogen) atoms. The van der Waals surface area contributed by atoms with Crippen molar-refractivity contribution in [1.29, 1.82) is 0 Å². The first-order chi connectivity index (χ1) is 17.7. The molecule has 0 spiro atoms. The number of para-hydroxylation sites is 1.